The molecule has 0 aliphatic heterocycles. The van der Waals surface area contributed by atoms with E-state index < -0.39 is 10.8 Å². The Balaban J connectivity index is 1.99. The van der Waals surface area contributed by atoms with Crippen molar-refractivity contribution in [2.45, 2.75) is 51.0 Å². The molecule has 2 atom stereocenters. The first-order valence-corrected chi connectivity index (χ1v) is 8.62. The van der Waals surface area contributed by atoms with Gasteiger partial charge in [-0.2, -0.15) is 0 Å². The van der Waals surface area contributed by atoms with E-state index in [-0.39, 0.29) is 0 Å². The quantitative estimate of drug-likeness (QED) is 0.830. The van der Waals surface area contributed by atoms with Crippen LogP contribution in [0.4, 0.5) is 0 Å². The average Bonchev–Trinajstić information content (AvgIpc) is 3.21. The molecule has 3 heteroatoms. The first-order valence-electron chi connectivity index (χ1n) is 7.30. The van der Waals surface area contributed by atoms with Gasteiger partial charge in [0.1, 0.15) is 0 Å². The van der Waals surface area contributed by atoms with Gasteiger partial charge in [-0.25, -0.2) is 0 Å². The molecule has 1 aliphatic rings. The van der Waals surface area contributed by atoms with Gasteiger partial charge in [0, 0.05) is 16.7 Å². The minimum Gasteiger partial charge on any atom is -0.313 e. The Morgan fingerprint density at radius 1 is 1.32 bits per heavy atom. The number of rotatable bonds is 7. The fraction of sp³-hybridized carbons (Fsp3) is 0.625. The van der Waals surface area contributed by atoms with Crippen LogP contribution in [0, 0.1) is 19.8 Å². The Kier molecular flexibility index (Phi) is 5.17. The van der Waals surface area contributed by atoms with E-state index >= 15 is 0 Å². The minimum atomic E-state index is -0.879. The summed E-state index contributed by atoms with van der Waals surface area (Å²) < 4.78 is 12.5. The zero-order chi connectivity index (χ0) is 13.8. The van der Waals surface area contributed by atoms with Crippen molar-refractivity contribution in [3.8, 4) is 0 Å². The molecule has 0 spiro atoms. The zero-order valence-electron chi connectivity index (χ0n) is 12.2. The van der Waals surface area contributed by atoms with Crippen LogP contribution >= 0.6 is 0 Å². The summed E-state index contributed by atoms with van der Waals surface area (Å²) in [5, 5.41) is 3.56. The Hall–Kier alpha value is -0.670. The summed E-state index contributed by atoms with van der Waals surface area (Å²) in [6.07, 6.45) is 3.73. The summed E-state index contributed by atoms with van der Waals surface area (Å²) in [6.45, 7) is 7.39. The second kappa shape index (κ2) is 6.67. The summed E-state index contributed by atoms with van der Waals surface area (Å²) >= 11 is 0. The van der Waals surface area contributed by atoms with Crippen molar-refractivity contribution in [1.29, 1.82) is 0 Å². The predicted molar refractivity (Wildman–Crippen MR) is 82.0 cm³/mol. The molecular formula is C16H25NOS. The maximum absolute atomic E-state index is 12.5. The first-order chi connectivity index (χ1) is 9.11. The molecule has 0 saturated heterocycles. The highest BCUT2D eigenvalue weighted by Crippen LogP contribution is 2.33. The van der Waals surface area contributed by atoms with E-state index in [1.54, 1.807) is 0 Å². The Bertz CT molecular complexity index is 454. The molecule has 1 saturated carbocycles. The molecule has 0 aromatic heterocycles. The van der Waals surface area contributed by atoms with Crippen molar-refractivity contribution in [1.82, 2.24) is 5.32 Å². The second-order valence-corrected chi connectivity index (χ2v) is 7.15. The minimum absolute atomic E-state index is 0.433. The summed E-state index contributed by atoms with van der Waals surface area (Å²) in [6, 6.07) is 6.61. The number of aryl methyl sites for hydroxylation is 2. The zero-order valence-corrected chi connectivity index (χ0v) is 13.1. The van der Waals surface area contributed by atoms with Gasteiger partial charge in [0.25, 0.3) is 0 Å². The van der Waals surface area contributed by atoms with Crippen LogP contribution in [0.1, 0.15) is 37.3 Å². The van der Waals surface area contributed by atoms with Crippen molar-refractivity contribution in [2.75, 3.05) is 12.3 Å². The van der Waals surface area contributed by atoms with E-state index in [1.165, 1.54) is 24.0 Å². The van der Waals surface area contributed by atoms with Crippen molar-refractivity contribution in [2.24, 2.45) is 5.92 Å². The lowest BCUT2D eigenvalue weighted by atomic mass is 10.1. The molecule has 2 nitrogen and oxygen atoms in total. The molecule has 2 unspecified atom stereocenters. The largest absolute Gasteiger partial charge is 0.313 e. The highest BCUT2D eigenvalue weighted by molar-refractivity contribution is 7.85. The molecule has 0 bridgehead atoms. The van der Waals surface area contributed by atoms with Crippen molar-refractivity contribution >= 4 is 10.8 Å². The van der Waals surface area contributed by atoms with E-state index in [2.05, 4.69) is 38.2 Å². The highest BCUT2D eigenvalue weighted by Gasteiger charge is 2.32. The van der Waals surface area contributed by atoms with Crippen LogP contribution in [0.2, 0.25) is 0 Å². The summed E-state index contributed by atoms with van der Waals surface area (Å²) in [5.74, 6) is 1.51. The molecule has 2 rings (SSSR count). The first kappa shape index (κ1) is 14.7. The summed E-state index contributed by atoms with van der Waals surface area (Å²) in [7, 11) is -0.879. The Morgan fingerprint density at radius 2 is 2.05 bits per heavy atom. The van der Waals surface area contributed by atoms with E-state index in [9.17, 15) is 4.21 Å². The Labute approximate surface area is 119 Å². The van der Waals surface area contributed by atoms with Gasteiger partial charge in [0.15, 0.2) is 0 Å². The van der Waals surface area contributed by atoms with Gasteiger partial charge in [0.2, 0.25) is 0 Å². The molecule has 0 radical (unpaired) electrons. The van der Waals surface area contributed by atoms with E-state index in [4.69, 9.17) is 0 Å². The third kappa shape index (κ3) is 4.15. The summed E-state index contributed by atoms with van der Waals surface area (Å²) in [5.41, 5.74) is 2.50. The van der Waals surface area contributed by atoms with Crippen LogP contribution < -0.4 is 5.32 Å². The third-order valence-electron chi connectivity index (χ3n) is 3.92. The van der Waals surface area contributed by atoms with Gasteiger partial charge in [0.05, 0.1) is 10.8 Å². The normalized spacial score (nSPS) is 18.3. The third-order valence-corrected chi connectivity index (χ3v) is 5.36. The highest BCUT2D eigenvalue weighted by atomic mass is 32.2. The van der Waals surface area contributed by atoms with Gasteiger partial charge in [-0.3, -0.25) is 4.21 Å². The lowest BCUT2D eigenvalue weighted by Gasteiger charge is -2.17. The van der Waals surface area contributed by atoms with Crippen LogP contribution in [0.3, 0.4) is 0 Å². The molecule has 1 aliphatic carbocycles. The van der Waals surface area contributed by atoms with Gasteiger partial charge in [-0.05, 0) is 68.8 Å². The van der Waals surface area contributed by atoms with Gasteiger partial charge < -0.3 is 5.32 Å². The van der Waals surface area contributed by atoms with Crippen LogP contribution in [-0.4, -0.2) is 22.5 Å². The molecule has 0 amide bonds. The number of nitrogens with one attached hydrogen (secondary N) is 1. The fourth-order valence-electron chi connectivity index (χ4n) is 2.30. The fourth-order valence-corrected chi connectivity index (χ4v) is 3.74. The van der Waals surface area contributed by atoms with Crippen LogP contribution in [-0.2, 0) is 10.8 Å². The summed E-state index contributed by atoms with van der Waals surface area (Å²) in [4.78, 5) is 0.979. The maximum Gasteiger partial charge on any atom is 0.0545 e. The van der Waals surface area contributed by atoms with Crippen LogP contribution in [0.5, 0.6) is 0 Å². The number of hydrogen-bond acceptors (Lipinski definition) is 2. The second-order valence-electron chi connectivity index (χ2n) is 5.66. The molecule has 19 heavy (non-hydrogen) atoms. The van der Waals surface area contributed by atoms with Gasteiger partial charge in [-0.1, -0.05) is 13.0 Å². The van der Waals surface area contributed by atoms with E-state index in [1.807, 2.05) is 6.07 Å². The molecule has 1 aromatic rings. The predicted octanol–water partition coefficient (Wildman–Crippen LogP) is 3.19. The molecule has 1 N–H and O–H groups in total. The van der Waals surface area contributed by atoms with Crippen LogP contribution in [0.15, 0.2) is 23.1 Å². The average molecular weight is 279 g/mol. The maximum atomic E-state index is 12.5. The molecule has 1 fully saturated rings. The van der Waals surface area contributed by atoms with Crippen molar-refractivity contribution in [3.63, 3.8) is 0 Å². The topological polar surface area (TPSA) is 29.1 Å². The van der Waals surface area contributed by atoms with Crippen molar-refractivity contribution < 1.29 is 4.21 Å². The monoisotopic (exact) mass is 279 g/mol. The number of hydrogen-bond donors (Lipinski definition) is 1. The van der Waals surface area contributed by atoms with Crippen LogP contribution in [0.25, 0.3) is 0 Å². The standard InChI is InChI=1S/C16H25NOS/c1-4-9-17-16(14-6-7-14)11-19(18)15-8-5-12(2)13(3)10-15/h5,8,10,14,16-17H,4,6-7,9,11H2,1-3H3. The van der Waals surface area contributed by atoms with Gasteiger partial charge >= 0.3 is 0 Å². The van der Waals surface area contributed by atoms with E-state index in [0.29, 0.717) is 6.04 Å². The van der Waals surface area contributed by atoms with Crippen molar-refractivity contribution in [3.05, 3.63) is 29.3 Å². The lowest BCUT2D eigenvalue weighted by molar-refractivity contribution is 0.498. The SMILES string of the molecule is CCCNC(CS(=O)c1ccc(C)c(C)c1)C1CC1. The lowest BCUT2D eigenvalue weighted by Crippen LogP contribution is -2.36. The van der Waals surface area contributed by atoms with E-state index in [0.717, 1.165) is 29.5 Å². The molecule has 106 valence electrons. The molecule has 1 aromatic carbocycles. The Morgan fingerprint density at radius 3 is 2.63 bits per heavy atom. The molecular weight excluding hydrogens is 254 g/mol. The number of benzene rings is 1. The molecule has 0 heterocycles. The smallest absolute Gasteiger partial charge is 0.0545 e. The van der Waals surface area contributed by atoms with Gasteiger partial charge in [-0.15, -0.1) is 0 Å².